The molecule has 0 saturated carbocycles. The number of amides is 1. The van der Waals surface area contributed by atoms with Crippen LogP contribution in [-0.4, -0.2) is 42.6 Å². The first-order valence-corrected chi connectivity index (χ1v) is 8.74. The molecule has 1 aromatic carbocycles. The van der Waals surface area contributed by atoms with Crippen LogP contribution in [0.5, 0.6) is 0 Å². The SMILES string of the molecule is CC(C)(C)OC(=O)NC(C(=S)n1nnc2ccc([N+](=O)[O-])cc21)C(C)(C)C. The van der Waals surface area contributed by atoms with Gasteiger partial charge in [0.2, 0.25) is 0 Å². The minimum Gasteiger partial charge on any atom is -0.444 e. The van der Waals surface area contributed by atoms with Crippen LogP contribution >= 0.6 is 12.2 Å². The molecule has 0 aliphatic rings. The standard InChI is InChI=1S/C17H23N5O4S/c1-16(2,3)13(18-15(23)26-17(4,5)6)14(27)21-12-9-10(22(24)25)7-8-11(12)19-20-21/h7-9,13H,1-6H3,(H,18,23). The number of fused-ring (bicyclic) bond motifs is 1. The zero-order valence-corrected chi connectivity index (χ0v) is 17.0. The Labute approximate surface area is 162 Å². The fraction of sp³-hybridized carbons (Fsp3) is 0.529. The van der Waals surface area contributed by atoms with E-state index in [1.807, 2.05) is 20.8 Å². The van der Waals surface area contributed by atoms with E-state index in [0.29, 0.717) is 11.0 Å². The van der Waals surface area contributed by atoms with Crippen molar-refractivity contribution in [2.24, 2.45) is 5.41 Å². The van der Waals surface area contributed by atoms with Crippen LogP contribution in [0.3, 0.4) is 0 Å². The Morgan fingerprint density at radius 2 is 1.93 bits per heavy atom. The summed E-state index contributed by atoms with van der Waals surface area (Å²) in [5, 5.41) is 21.9. The molecule has 2 rings (SSSR count). The molecule has 10 heteroatoms. The minimum atomic E-state index is -0.658. The van der Waals surface area contributed by atoms with Crippen molar-refractivity contribution < 1.29 is 14.5 Å². The number of thiocarbonyl (C=S) groups is 1. The Bertz CT molecular complexity index is 895. The van der Waals surface area contributed by atoms with Crippen LogP contribution in [0.2, 0.25) is 0 Å². The Hall–Kier alpha value is -2.62. The highest BCUT2D eigenvalue weighted by Gasteiger charge is 2.34. The average Bonchev–Trinajstić information content (AvgIpc) is 2.92. The zero-order chi connectivity index (χ0) is 20.6. The number of rotatable bonds is 3. The quantitative estimate of drug-likeness (QED) is 0.483. The van der Waals surface area contributed by atoms with Gasteiger partial charge >= 0.3 is 6.09 Å². The largest absolute Gasteiger partial charge is 0.444 e. The lowest BCUT2D eigenvalue weighted by atomic mass is 9.86. The molecule has 0 spiro atoms. The molecule has 0 aliphatic heterocycles. The van der Waals surface area contributed by atoms with Crippen molar-refractivity contribution >= 4 is 40.0 Å². The lowest BCUT2D eigenvalue weighted by Gasteiger charge is -2.32. The second-order valence-electron chi connectivity index (χ2n) is 8.21. The molecule has 9 nitrogen and oxygen atoms in total. The van der Waals surface area contributed by atoms with E-state index in [9.17, 15) is 14.9 Å². The number of non-ortho nitro benzene ring substituents is 1. The van der Waals surface area contributed by atoms with Crippen molar-refractivity contribution in [1.29, 1.82) is 0 Å². The summed E-state index contributed by atoms with van der Waals surface area (Å²) in [7, 11) is 0. The van der Waals surface area contributed by atoms with E-state index in [2.05, 4.69) is 15.6 Å². The summed E-state index contributed by atoms with van der Waals surface area (Å²) in [6, 6.07) is 3.60. The highest BCUT2D eigenvalue weighted by Crippen LogP contribution is 2.25. The Balaban J connectivity index is 2.41. The number of nitro benzene ring substituents is 1. The fourth-order valence-corrected chi connectivity index (χ4v) is 2.93. The monoisotopic (exact) mass is 393 g/mol. The number of aromatic nitrogens is 3. The van der Waals surface area contributed by atoms with Gasteiger partial charge in [0.05, 0.1) is 11.0 Å². The molecule has 0 bridgehead atoms. The summed E-state index contributed by atoms with van der Waals surface area (Å²) in [5.74, 6) is 0. The van der Waals surface area contributed by atoms with Crippen LogP contribution in [0.1, 0.15) is 41.5 Å². The number of carbonyl (C=O) groups is 1. The molecule has 27 heavy (non-hydrogen) atoms. The normalized spacial score (nSPS) is 13.3. The second-order valence-corrected chi connectivity index (χ2v) is 8.63. The highest BCUT2D eigenvalue weighted by molar-refractivity contribution is 7.80. The molecule has 1 aromatic heterocycles. The van der Waals surface area contributed by atoms with Gasteiger partial charge in [0, 0.05) is 12.1 Å². The van der Waals surface area contributed by atoms with Crippen LogP contribution in [0, 0.1) is 15.5 Å². The van der Waals surface area contributed by atoms with Crippen LogP contribution in [-0.2, 0) is 4.74 Å². The number of nitrogens with zero attached hydrogens (tertiary/aromatic N) is 4. The van der Waals surface area contributed by atoms with Gasteiger partial charge in [-0.1, -0.05) is 38.2 Å². The zero-order valence-electron chi connectivity index (χ0n) is 16.1. The van der Waals surface area contributed by atoms with Gasteiger partial charge in [-0.3, -0.25) is 10.1 Å². The predicted molar refractivity (Wildman–Crippen MR) is 105 cm³/mol. The number of carbonyl (C=O) groups excluding carboxylic acids is 1. The summed E-state index contributed by atoms with van der Waals surface area (Å²) in [4.78, 5) is 23.1. The van der Waals surface area contributed by atoms with Gasteiger partial charge in [0.1, 0.15) is 21.6 Å². The summed E-state index contributed by atoms with van der Waals surface area (Å²) in [6.45, 7) is 11.0. The maximum absolute atomic E-state index is 12.3. The number of nitrogens with one attached hydrogen (secondary N) is 1. The van der Waals surface area contributed by atoms with E-state index in [0.717, 1.165) is 0 Å². The molecule has 1 unspecified atom stereocenters. The fourth-order valence-electron chi connectivity index (χ4n) is 2.38. The first kappa shape index (κ1) is 20.7. The molecule has 1 amide bonds. The number of hydrogen-bond donors (Lipinski definition) is 1. The molecule has 1 N–H and O–H groups in total. The van der Waals surface area contributed by atoms with Crippen molar-refractivity contribution in [3.05, 3.63) is 28.3 Å². The van der Waals surface area contributed by atoms with Crippen molar-refractivity contribution in [2.75, 3.05) is 0 Å². The Morgan fingerprint density at radius 1 is 1.30 bits per heavy atom. The number of ether oxygens (including phenoxy) is 1. The summed E-state index contributed by atoms with van der Waals surface area (Å²) in [6.07, 6.45) is -0.611. The molecule has 1 atom stereocenters. The van der Waals surface area contributed by atoms with Crippen LogP contribution < -0.4 is 5.32 Å². The molecule has 0 aliphatic carbocycles. The third-order valence-electron chi connectivity index (χ3n) is 3.62. The smallest absolute Gasteiger partial charge is 0.408 e. The maximum Gasteiger partial charge on any atom is 0.408 e. The lowest BCUT2D eigenvalue weighted by molar-refractivity contribution is -0.384. The molecule has 0 saturated heterocycles. The second kappa shape index (κ2) is 7.18. The maximum atomic E-state index is 12.3. The van der Waals surface area contributed by atoms with Crippen molar-refractivity contribution in [1.82, 2.24) is 20.3 Å². The van der Waals surface area contributed by atoms with Crippen LogP contribution in [0.4, 0.5) is 10.5 Å². The molecule has 1 heterocycles. The van der Waals surface area contributed by atoms with Gasteiger partial charge in [-0.2, -0.15) is 0 Å². The van der Waals surface area contributed by atoms with Crippen LogP contribution in [0.15, 0.2) is 18.2 Å². The first-order chi connectivity index (χ1) is 12.3. The van der Waals surface area contributed by atoms with E-state index in [1.165, 1.54) is 22.9 Å². The van der Waals surface area contributed by atoms with Crippen molar-refractivity contribution in [2.45, 2.75) is 53.2 Å². The lowest BCUT2D eigenvalue weighted by Crippen LogP contribution is -2.51. The van der Waals surface area contributed by atoms with Gasteiger partial charge in [-0.05, 0) is 32.3 Å². The van der Waals surface area contributed by atoms with Gasteiger partial charge in [-0.25, -0.2) is 9.48 Å². The van der Waals surface area contributed by atoms with Gasteiger partial charge in [0.25, 0.3) is 5.69 Å². The number of alkyl carbamates (subject to hydrolysis) is 1. The Kier molecular flexibility index (Phi) is 5.50. The molecule has 146 valence electrons. The highest BCUT2D eigenvalue weighted by atomic mass is 32.1. The Morgan fingerprint density at radius 3 is 2.44 bits per heavy atom. The summed E-state index contributed by atoms with van der Waals surface area (Å²) >= 11 is 5.56. The topological polar surface area (TPSA) is 112 Å². The van der Waals surface area contributed by atoms with Crippen molar-refractivity contribution in [3.8, 4) is 0 Å². The average molecular weight is 393 g/mol. The predicted octanol–water partition coefficient (Wildman–Crippen LogP) is 3.45. The molecule has 0 radical (unpaired) electrons. The van der Waals surface area contributed by atoms with Crippen LogP contribution in [0.25, 0.3) is 11.0 Å². The molecular formula is C17H23N5O4S. The first-order valence-electron chi connectivity index (χ1n) is 8.33. The summed E-state index contributed by atoms with van der Waals surface area (Å²) < 4.78 is 6.66. The number of hydrogen-bond acceptors (Lipinski definition) is 7. The van der Waals surface area contributed by atoms with Gasteiger partial charge in [0.15, 0.2) is 0 Å². The van der Waals surface area contributed by atoms with E-state index in [-0.39, 0.29) is 10.7 Å². The molecule has 2 aromatic rings. The van der Waals surface area contributed by atoms with Gasteiger partial charge in [-0.15, -0.1) is 5.10 Å². The van der Waals surface area contributed by atoms with E-state index in [1.54, 1.807) is 20.8 Å². The molecule has 0 fully saturated rings. The minimum absolute atomic E-state index is 0.0961. The van der Waals surface area contributed by atoms with E-state index < -0.39 is 28.1 Å². The molecular weight excluding hydrogens is 370 g/mol. The summed E-state index contributed by atoms with van der Waals surface area (Å²) in [5.41, 5.74) is -0.356. The van der Waals surface area contributed by atoms with E-state index >= 15 is 0 Å². The van der Waals surface area contributed by atoms with Gasteiger partial charge < -0.3 is 10.1 Å². The number of benzene rings is 1. The van der Waals surface area contributed by atoms with Crippen molar-refractivity contribution in [3.63, 3.8) is 0 Å². The third-order valence-corrected chi connectivity index (χ3v) is 4.03. The van der Waals surface area contributed by atoms with E-state index in [4.69, 9.17) is 17.0 Å². The number of nitro groups is 1. The third kappa shape index (κ3) is 4.97.